The van der Waals surface area contributed by atoms with E-state index in [0.29, 0.717) is 28.6 Å². The number of Topliss-reactive ketones (excluding diaryl/α,β-unsaturated/α-hetero) is 1. The molecule has 0 aliphatic carbocycles. The molecule has 4 heteroatoms. The fourth-order valence-corrected chi connectivity index (χ4v) is 1.79. The molecule has 0 spiro atoms. The Kier molecular flexibility index (Phi) is 4.36. The van der Waals surface area contributed by atoms with Crippen LogP contribution in [0.2, 0.25) is 10.0 Å². The summed E-state index contributed by atoms with van der Waals surface area (Å²) < 4.78 is 0. The average Bonchev–Trinajstić information content (AvgIpc) is 2.31. The largest absolute Gasteiger partial charge is 0.329 e. The average molecular weight is 260 g/mol. The third-order valence-corrected chi connectivity index (χ3v) is 3.79. The number of carbonyl (C=O) groups is 1. The summed E-state index contributed by atoms with van der Waals surface area (Å²) in [6.07, 6.45) is 0.672. The van der Waals surface area contributed by atoms with Crippen molar-refractivity contribution in [2.75, 3.05) is 6.54 Å². The van der Waals surface area contributed by atoms with Crippen molar-refractivity contribution in [3.8, 4) is 0 Å². The number of hydrogen-bond donors (Lipinski definition) is 1. The van der Waals surface area contributed by atoms with Gasteiger partial charge in [0, 0.05) is 17.5 Å². The Labute approximate surface area is 106 Å². The molecule has 1 unspecified atom stereocenters. The first-order chi connectivity index (χ1) is 7.46. The first-order valence-corrected chi connectivity index (χ1v) is 5.90. The molecule has 0 aliphatic heterocycles. The highest BCUT2D eigenvalue weighted by Gasteiger charge is 2.32. The Hall–Kier alpha value is -0.570. The Morgan fingerprint density at radius 3 is 2.56 bits per heavy atom. The van der Waals surface area contributed by atoms with Crippen molar-refractivity contribution in [3.05, 3.63) is 33.8 Å². The van der Waals surface area contributed by atoms with Crippen molar-refractivity contribution >= 4 is 29.0 Å². The second-order valence-corrected chi connectivity index (χ2v) is 4.83. The second-order valence-electron chi connectivity index (χ2n) is 4.05. The molecule has 2 nitrogen and oxygen atoms in total. The third-order valence-electron chi connectivity index (χ3n) is 2.98. The number of halogens is 2. The van der Waals surface area contributed by atoms with Crippen LogP contribution in [0.15, 0.2) is 18.2 Å². The minimum atomic E-state index is -0.575. The van der Waals surface area contributed by atoms with Gasteiger partial charge in [-0.2, -0.15) is 0 Å². The number of nitrogens with two attached hydrogens (primary N) is 1. The summed E-state index contributed by atoms with van der Waals surface area (Å²) in [5.41, 5.74) is 5.52. The van der Waals surface area contributed by atoms with Crippen molar-refractivity contribution in [2.24, 2.45) is 11.1 Å². The molecule has 0 aliphatic rings. The second kappa shape index (κ2) is 5.17. The lowest BCUT2D eigenvalue weighted by Gasteiger charge is -2.25. The maximum atomic E-state index is 12.3. The molecule has 16 heavy (non-hydrogen) atoms. The van der Waals surface area contributed by atoms with Gasteiger partial charge in [0.2, 0.25) is 0 Å². The van der Waals surface area contributed by atoms with E-state index in [9.17, 15) is 4.79 Å². The minimum Gasteiger partial charge on any atom is -0.329 e. The zero-order valence-electron chi connectivity index (χ0n) is 9.39. The lowest BCUT2D eigenvalue weighted by atomic mass is 9.80. The predicted octanol–water partition coefficient (Wildman–Crippen LogP) is 3.55. The van der Waals surface area contributed by atoms with Crippen LogP contribution in [0.5, 0.6) is 0 Å². The highest BCUT2D eigenvalue weighted by molar-refractivity contribution is 6.44. The molecule has 0 aromatic heterocycles. The molecule has 0 fully saturated rings. The van der Waals surface area contributed by atoms with E-state index in [0.717, 1.165) is 0 Å². The zero-order valence-corrected chi connectivity index (χ0v) is 10.9. The van der Waals surface area contributed by atoms with E-state index in [1.54, 1.807) is 18.2 Å². The van der Waals surface area contributed by atoms with E-state index in [-0.39, 0.29) is 5.78 Å². The van der Waals surface area contributed by atoms with Crippen LogP contribution in [-0.2, 0) is 0 Å². The molecule has 1 aromatic carbocycles. The fourth-order valence-electron chi connectivity index (χ4n) is 1.40. The van der Waals surface area contributed by atoms with Gasteiger partial charge in [0.1, 0.15) is 0 Å². The molecule has 0 heterocycles. The lowest BCUT2D eigenvalue weighted by Crippen LogP contribution is -2.35. The van der Waals surface area contributed by atoms with E-state index >= 15 is 0 Å². The van der Waals surface area contributed by atoms with E-state index in [4.69, 9.17) is 28.9 Å². The van der Waals surface area contributed by atoms with Crippen molar-refractivity contribution in [2.45, 2.75) is 20.3 Å². The highest BCUT2D eigenvalue weighted by Crippen LogP contribution is 2.32. The molecule has 1 rings (SSSR count). The van der Waals surface area contributed by atoms with Crippen molar-refractivity contribution < 1.29 is 4.79 Å². The van der Waals surface area contributed by atoms with Gasteiger partial charge in [0.05, 0.1) is 10.0 Å². The molecular formula is C12H15Cl2NO. The Balaban J connectivity index is 3.19. The molecule has 2 N–H and O–H groups in total. The molecule has 0 amide bonds. The van der Waals surface area contributed by atoms with Crippen LogP contribution < -0.4 is 5.73 Å². The standard InChI is InChI=1S/C12H15Cl2NO/c1-3-12(2,7-15)11(16)8-5-4-6-9(13)10(8)14/h4-6H,3,7,15H2,1-2H3. The van der Waals surface area contributed by atoms with Crippen LogP contribution in [0.1, 0.15) is 30.6 Å². The fraction of sp³-hybridized carbons (Fsp3) is 0.417. The van der Waals surface area contributed by atoms with Gasteiger partial charge in [-0.05, 0) is 18.6 Å². The maximum absolute atomic E-state index is 12.3. The third kappa shape index (κ3) is 2.40. The molecule has 0 radical (unpaired) electrons. The van der Waals surface area contributed by atoms with E-state index in [1.165, 1.54) is 0 Å². The molecule has 0 saturated heterocycles. The minimum absolute atomic E-state index is 0.0509. The first kappa shape index (κ1) is 13.5. The zero-order chi connectivity index (χ0) is 12.3. The number of benzene rings is 1. The van der Waals surface area contributed by atoms with Gasteiger partial charge in [0.15, 0.2) is 5.78 Å². The molecular weight excluding hydrogens is 245 g/mol. The van der Waals surface area contributed by atoms with Gasteiger partial charge in [0.25, 0.3) is 0 Å². The van der Waals surface area contributed by atoms with Gasteiger partial charge in [-0.1, -0.05) is 43.1 Å². The van der Waals surface area contributed by atoms with E-state index < -0.39 is 5.41 Å². The van der Waals surface area contributed by atoms with E-state index in [2.05, 4.69) is 0 Å². The summed E-state index contributed by atoms with van der Waals surface area (Å²) in [4.78, 5) is 12.3. The van der Waals surface area contributed by atoms with Crippen molar-refractivity contribution in [1.29, 1.82) is 0 Å². The van der Waals surface area contributed by atoms with Gasteiger partial charge >= 0.3 is 0 Å². The van der Waals surface area contributed by atoms with Crippen LogP contribution in [-0.4, -0.2) is 12.3 Å². The smallest absolute Gasteiger partial charge is 0.171 e. The van der Waals surface area contributed by atoms with Crippen LogP contribution in [0.4, 0.5) is 0 Å². The lowest BCUT2D eigenvalue weighted by molar-refractivity contribution is 0.0820. The van der Waals surface area contributed by atoms with Gasteiger partial charge in [-0.25, -0.2) is 0 Å². The Bertz CT molecular complexity index is 400. The summed E-state index contributed by atoms with van der Waals surface area (Å²) in [5, 5.41) is 0.699. The monoisotopic (exact) mass is 259 g/mol. The Morgan fingerprint density at radius 1 is 1.44 bits per heavy atom. The van der Waals surface area contributed by atoms with Crippen LogP contribution >= 0.6 is 23.2 Å². The molecule has 1 atom stereocenters. The summed E-state index contributed by atoms with van der Waals surface area (Å²) >= 11 is 11.9. The van der Waals surface area contributed by atoms with Gasteiger partial charge in [-0.15, -0.1) is 0 Å². The molecule has 88 valence electrons. The van der Waals surface area contributed by atoms with E-state index in [1.807, 2.05) is 13.8 Å². The SMILES string of the molecule is CCC(C)(CN)C(=O)c1cccc(Cl)c1Cl. The number of hydrogen-bond acceptors (Lipinski definition) is 2. The quantitative estimate of drug-likeness (QED) is 0.841. The van der Waals surface area contributed by atoms with Gasteiger partial charge in [-0.3, -0.25) is 4.79 Å². The summed E-state index contributed by atoms with van der Waals surface area (Å²) in [7, 11) is 0. The van der Waals surface area contributed by atoms with Crippen molar-refractivity contribution in [1.82, 2.24) is 0 Å². The first-order valence-electron chi connectivity index (χ1n) is 5.15. The number of rotatable bonds is 4. The maximum Gasteiger partial charge on any atom is 0.171 e. The molecule has 0 bridgehead atoms. The highest BCUT2D eigenvalue weighted by atomic mass is 35.5. The number of ketones is 1. The van der Waals surface area contributed by atoms with Crippen molar-refractivity contribution in [3.63, 3.8) is 0 Å². The predicted molar refractivity (Wildman–Crippen MR) is 68.2 cm³/mol. The normalized spacial score (nSPS) is 14.6. The number of carbonyl (C=O) groups excluding carboxylic acids is 1. The topological polar surface area (TPSA) is 43.1 Å². The van der Waals surface area contributed by atoms with Crippen LogP contribution in [0.3, 0.4) is 0 Å². The summed E-state index contributed by atoms with van der Waals surface area (Å²) in [5.74, 6) is -0.0509. The van der Waals surface area contributed by atoms with Crippen LogP contribution in [0, 0.1) is 5.41 Å². The van der Waals surface area contributed by atoms with Gasteiger partial charge < -0.3 is 5.73 Å². The van der Waals surface area contributed by atoms with Crippen LogP contribution in [0.25, 0.3) is 0 Å². The molecule has 1 aromatic rings. The summed E-state index contributed by atoms with van der Waals surface area (Å²) in [6.45, 7) is 4.07. The summed E-state index contributed by atoms with van der Waals surface area (Å²) in [6, 6.07) is 5.06. The Morgan fingerprint density at radius 2 is 2.06 bits per heavy atom. The molecule has 0 saturated carbocycles.